The highest BCUT2D eigenvalue weighted by Gasteiger charge is 2.81. The second kappa shape index (κ2) is 3.09. The van der Waals surface area contributed by atoms with Crippen molar-refractivity contribution in [2.75, 3.05) is 0 Å². The summed E-state index contributed by atoms with van der Waals surface area (Å²) in [6, 6.07) is 0. The van der Waals surface area contributed by atoms with Crippen molar-refractivity contribution >= 4 is 23.2 Å². The maximum absolute atomic E-state index is 6.25. The lowest BCUT2D eigenvalue weighted by Crippen LogP contribution is -2.39. The first-order chi connectivity index (χ1) is 7.33. The van der Waals surface area contributed by atoms with Crippen LogP contribution in [0.15, 0.2) is 0 Å². The largest absolute Gasteiger partial charge is 0.341 e. The SMILES string of the molecule is CC1(C)OC2(CCCCC2)OC12CC2(Cl)Cl. The summed E-state index contributed by atoms with van der Waals surface area (Å²) in [5.41, 5.74) is -0.867. The van der Waals surface area contributed by atoms with E-state index in [-0.39, 0.29) is 5.60 Å². The zero-order valence-electron chi connectivity index (χ0n) is 9.82. The molecule has 0 N–H and O–H groups in total. The van der Waals surface area contributed by atoms with E-state index in [1.807, 2.05) is 13.8 Å². The number of rotatable bonds is 0. The van der Waals surface area contributed by atoms with Crippen LogP contribution in [0.2, 0.25) is 0 Å². The van der Waals surface area contributed by atoms with Gasteiger partial charge in [-0.15, -0.1) is 0 Å². The quantitative estimate of drug-likeness (QED) is 0.620. The molecule has 16 heavy (non-hydrogen) atoms. The third kappa shape index (κ3) is 1.33. The minimum Gasteiger partial charge on any atom is -0.341 e. The molecule has 2 aliphatic carbocycles. The van der Waals surface area contributed by atoms with Gasteiger partial charge in [-0.05, 0) is 26.7 Å². The fourth-order valence-corrected chi connectivity index (χ4v) is 4.24. The lowest BCUT2D eigenvalue weighted by atomic mass is 9.94. The molecular formula is C12H18Cl2O2. The minimum absolute atomic E-state index is 0.381. The molecule has 2 spiro atoms. The molecule has 1 unspecified atom stereocenters. The third-order valence-corrected chi connectivity index (χ3v) is 5.20. The molecule has 1 aliphatic heterocycles. The molecule has 1 saturated heterocycles. The second-order valence-electron chi connectivity index (χ2n) is 5.89. The van der Waals surface area contributed by atoms with Crippen molar-refractivity contribution in [3.63, 3.8) is 0 Å². The van der Waals surface area contributed by atoms with E-state index in [2.05, 4.69) is 0 Å². The Hall–Kier alpha value is 0.500. The molecule has 1 heterocycles. The van der Waals surface area contributed by atoms with E-state index in [0.29, 0.717) is 6.42 Å². The van der Waals surface area contributed by atoms with Crippen LogP contribution in [0.1, 0.15) is 52.4 Å². The first-order valence-electron chi connectivity index (χ1n) is 6.11. The van der Waals surface area contributed by atoms with E-state index in [1.54, 1.807) is 0 Å². The molecule has 2 nitrogen and oxygen atoms in total. The Morgan fingerprint density at radius 1 is 0.938 bits per heavy atom. The highest BCUT2D eigenvalue weighted by molar-refractivity contribution is 6.52. The molecule has 2 saturated carbocycles. The predicted octanol–water partition coefficient (Wildman–Crippen LogP) is 3.79. The van der Waals surface area contributed by atoms with Crippen LogP contribution in [0.25, 0.3) is 0 Å². The Balaban J connectivity index is 1.89. The van der Waals surface area contributed by atoms with Gasteiger partial charge in [0, 0.05) is 19.3 Å². The molecule has 92 valence electrons. The molecule has 3 aliphatic rings. The summed E-state index contributed by atoms with van der Waals surface area (Å²) in [6.45, 7) is 4.09. The Bertz CT molecular complexity index is 321. The molecule has 0 radical (unpaired) electrons. The van der Waals surface area contributed by atoms with Gasteiger partial charge in [-0.3, -0.25) is 0 Å². The van der Waals surface area contributed by atoms with Crippen LogP contribution in [-0.2, 0) is 9.47 Å². The van der Waals surface area contributed by atoms with E-state index >= 15 is 0 Å². The van der Waals surface area contributed by atoms with Crippen LogP contribution < -0.4 is 0 Å². The summed E-state index contributed by atoms with van der Waals surface area (Å²) < 4.78 is 11.7. The van der Waals surface area contributed by atoms with Crippen molar-refractivity contribution in [1.29, 1.82) is 0 Å². The van der Waals surface area contributed by atoms with Crippen LogP contribution in [0.5, 0.6) is 0 Å². The van der Waals surface area contributed by atoms with E-state index in [0.717, 1.165) is 12.8 Å². The second-order valence-corrected chi connectivity index (χ2v) is 7.38. The topological polar surface area (TPSA) is 18.5 Å². The van der Waals surface area contributed by atoms with Gasteiger partial charge in [0.25, 0.3) is 0 Å². The zero-order valence-corrected chi connectivity index (χ0v) is 11.3. The smallest absolute Gasteiger partial charge is 0.170 e. The van der Waals surface area contributed by atoms with Crippen molar-refractivity contribution in [3.05, 3.63) is 0 Å². The van der Waals surface area contributed by atoms with Crippen LogP contribution >= 0.6 is 23.2 Å². The van der Waals surface area contributed by atoms with Crippen LogP contribution in [0, 0.1) is 0 Å². The van der Waals surface area contributed by atoms with Crippen molar-refractivity contribution in [2.24, 2.45) is 0 Å². The first-order valence-corrected chi connectivity index (χ1v) is 6.86. The van der Waals surface area contributed by atoms with Crippen molar-refractivity contribution in [3.8, 4) is 0 Å². The molecular weight excluding hydrogens is 247 g/mol. The van der Waals surface area contributed by atoms with Crippen molar-refractivity contribution < 1.29 is 9.47 Å². The van der Waals surface area contributed by atoms with Gasteiger partial charge in [-0.25, -0.2) is 0 Å². The Morgan fingerprint density at radius 2 is 1.50 bits per heavy atom. The average Bonchev–Trinajstić information content (AvgIpc) is 2.61. The molecule has 3 rings (SSSR count). The van der Waals surface area contributed by atoms with Crippen molar-refractivity contribution in [1.82, 2.24) is 0 Å². The molecule has 0 aromatic heterocycles. The summed E-state index contributed by atoms with van der Waals surface area (Å²) in [4.78, 5) is 0. The lowest BCUT2D eigenvalue weighted by molar-refractivity contribution is -0.205. The molecule has 0 aromatic carbocycles. The third-order valence-electron chi connectivity index (χ3n) is 4.33. The fourth-order valence-electron chi connectivity index (χ4n) is 3.34. The fraction of sp³-hybridized carbons (Fsp3) is 1.00. The van der Waals surface area contributed by atoms with E-state index in [1.165, 1.54) is 19.3 Å². The standard InChI is InChI=1S/C12H18Cl2O2/c1-9(2)11(8-12(11,13)14)16-10(15-9)6-4-3-5-7-10/h3-8H2,1-2H3. The highest BCUT2D eigenvalue weighted by atomic mass is 35.5. The number of alkyl halides is 2. The normalized spacial score (nSPS) is 42.8. The first kappa shape index (κ1) is 11.6. The van der Waals surface area contributed by atoms with E-state index < -0.39 is 15.7 Å². The molecule has 3 fully saturated rings. The Kier molecular flexibility index (Phi) is 2.23. The zero-order chi connectivity index (χ0) is 11.7. The summed E-state index contributed by atoms with van der Waals surface area (Å²) >= 11 is 12.5. The Morgan fingerprint density at radius 3 is 1.94 bits per heavy atom. The average molecular weight is 265 g/mol. The van der Waals surface area contributed by atoms with Crippen LogP contribution in [-0.4, -0.2) is 21.3 Å². The predicted molar refractivity (Wildman–Crippen MR) is 63.9 cm³/mol. The monoisotopic (exact) mass is 264 g/mol. The molecule has 4 heteroatoms. The summed E-state index contributed by atoms with van der Waals surface area (Å²) in [5, 5.41) is 0. The number of hydrogen-bond acceptors (Lipinski definition) is 2. The van der Waals surface area contributed by atoms with Gasteiger partial charge in [0.1, 0.15) is 5.60 Å². The number of halogens is 2. The van der Waals surface area contributed by atoms with Crippen LogP contribution in [0.4, 0.5) is 0 Å². The number of hydrogen-bond donors (Lipinski definition) is 0. The molecule has 0 bridgehead atoms. The van der Waals surface area contributed by atoms with Gasteiger partial charge in [-0.1, -0.05) is 29.6 Å². The van der Waals surface area contributed by atoms with Crippen molar-refractivity contribution in [2.45, 2.75) is 73.7 Å². The van der Waals surface area contributed by atoms with Gasteiger partial charge >= 0.3 is 0 Å². The van der Waals surface area contributed by atoms with E-state index in [9.17, 15) is 0 Å². The lowest BCUT2D eigenvalue weighted by Gasteiger charge is -2.32. The minimum atomic E-state index is -0.766. The summed E-state index contributed by atoms with van der Waals surface area (Å²) in [5.74, 6) is -0.409. The van der Waals surface area contributed by atoms with Gasteiger partial charge in [0.05, 0.1) is 5.60 Å². The highest BCUT2D eigenvalue weighted by Crippen LogP contribution is 2.70. The Labute approximate surface area is 107 Å². The van der Waals surface area contributed by atoms with E-state index in [4.69, 9.17) is 32.7 Å². The summed E-state index contributed by atoms with van der Waals surface area (Å²) in [6.07, 6.45) is 6.24. The van der Waals surface area contributed by atoms with Gasteiger partial charge in [0.15, 0.2) is 10.1 Å². The molecule has 0 aromatic rings. The number of ether oxygens (including phenoxy) is 2. The van der Waals surface area contributed by atoms with Gasteiger partial charge in [-0.2, -0.15) is 0 Å². The van der Waals surface area contributed by atoms with Crippen LogP contribution in [0.3, 0.4) is 0 Å². The molecule has 1 atom stereocenters. The maximum Gasteiger partial charge on any atom is 0.170 e. The maximum atomic E-state index is 6.25. The molecule has 0 amide bonds. The van der Waals surface area contributed by atoms with Gasteiger partial charge in [0.2, 0.25) is 0 Å². The summed E-state index contributed by atoms with van der Waals surface area (Å²) in [7, 11) is 0. The van der Waals surface area contributed by atoms with Gasteiger partial charge < -0.3 is 9.47 Å².